The highest BCUT2D eigenvalue weighted by atomic mass is 16.6. The number of unbranched alkanes of at least 4 members (excludes halogenated alkanes) is 17. The molecule has 0 radical (unpaired) electrons. The minimum atomic E-state index is -0.131. The smallest absolute Gasteiger partial charge is 0.306 e. The maximum atomic E-state index is 11.6. The number of esters is 1. The molecule has 0 fully saturated rings. The van der Waals surface area contributed by atoms with E-state index in [-0.39, 0.29) is 12.1 Å². The van der Waals surface area contributed by atoms with Gasteiger partial charge >= 0.3 is 5.97 Å². The molecule has 0 heterocycles. The largest absolute Gasteiger partial charge is 0.460 e. The average Bonchev–Trinajstić information content (AvgIpc) is 2.67. The number of hydrogen-bond acceptors (Lipinski definition) is 3. The maximum Gasteiger partial charge on any atom is 0.306 e. The SMILES string of the molecule is CCCCCCCCCCCCCCCCCCCCC(=O)OC(C)COC. The number of ether oxygens (including phenoxy) is 2. The lowest BCUT2D eigenvalue weighted by Crippen LogP contribution is -2.19. The molecule has 0 aromatic rings. The van der Waals surface area contributed by atoms with Crippen molar-refractivity contribution in [2.45, 2.75) is 142 Å². The molecule has 0 aromatic heterocycles. The van der Waals surface area contributed by atoms with Gasteiger partial charge in [0, 0.05) is 13.5 Å². The Balaban J connectivity index is 3.13. The van der Waals surface area contributed by atoms with Gasteiger partial charge in [0.1, 0.15) is 6.10 Å². The van der Waals surface area contributed by atoms with Crippen LogP contribution in [0.2, 0.25) is 0 Å². The van der Waals surface area contributed by atoms with Gasteiger partial charge in [0.15, 0.2) is 0 Å². The van der Waals surface area contributed by atoms with Gasteiger partial charge in [-0.25, -0.2) is 0 Å². The maximum absolute atomic E-state index is 11.6. The van der Waals surface area contributed by atoms with Crippen LogP contribution in [-0.4, -0.2) is 25.8 Å². The minimum Gasteiger partial charge on any atom is -0.460 e. The number of carbonyl (C=O) groups excluding carboxylic acids is 1. The zero-order chi connectivity index (χ0) is 20.7. The molecule has 28 heavy (non-hydrogen) atoms. The van der Waals surface area contributed by atoms with Crippen molar-refractivity contribution in [2.75, 3.05) is 13.7 Å². The first-order chi connectivity index (χ1) is 13.7. The van der Waals surface area contributed by atoms with Gasteiger partial charge in [-0.3, -0.25) is 4.79 Å². The molecule has 3 heteroatoms. The molecule has 0 saturated carbocycles. The van der Waals surface area contributed by atoms with E-state index in [0.29, 0.717) is 13.0 Å². The van der Waals surface area contributed by atoms with Crippen LogP contribution in [0.3, 0.4) is 0 Å². The summed E-state index contributed by atoms with van der Waals surface area (Å²) in [5.74, 6) is -0.0824. The molecule has 0 aliphatic heterocycles. The second-order valence-corrected chi connectivity index (χ2v) is 8.52. The van der Waals surface area contributed by atoms with E-state index in [1.165, 1.54) is 103 Å². The predicted molar refractivity (Wildman–Crippen MR) is 121 cm³/mol. The van der Waals surface area contributed by atoms with Crippen LogP contribution in [0.5, 0.6) is 0 Å². The highest BCUT2D eigenvalue weighted by Gasteiger charge is 2.08. The fraction of sp³-hybridized carbons (Fsp3) is 0.960. The average molecular weight is 399 g/mol. The number of methoxy groups -OCH3 is 1. The van der Waals surface area contributed by atoms with Crippen molar-refractivity contribution in [1.29, 1.82) is 0 Å². The lowest BCUT2D eigenvalue weighted by Gasteiger charge is -2.11. The number of carbonyl (C=O) groups is 1. The Bertz CT molecular complexity index is 317. The molecule has 168 valence electrons. The summed E-state index contributed by atoms with van der Waals surface area (Å²) in [5, 5.41) is 0. The van der Waals surface area contributed by atoms with Crippen LogP contribution >= 0.6 is 0 Å². The van der Waals surface area contributed by atoms with Crippen molar-refractivity contribution in [3.8, 4) is 0 Å². The summed E-state index contributed by atoms with van der Waals surface area (Å²) in [7, 11) is 1.63. The fourth-order valence-corrected chi connectivity index (χ4v) is 3.72. The molecule has 0 rings (SSSR count). The molecule has 0 N–H and O–H groups in total. The quantitative estimate of drug-likeness (QED) is 0.137. The highest BCUT2D eigenvalue weighted by Crippen LogP contribution is 2.14. The van der Waals surface area contributed by atoms with E-state index in [9.17, 15) is 4.79 Å². The molecular formula is C25H50O3. The van der Waals surface area contributed by atoms with Crippen LogP contribution < -0.4 is 0 Å². The molecule has 0 bridgehead atoms. The predicted octanol–water partition coefficient (Wildman–Crippen LogP) is 8.00. The molecular weight excluding hydrogens is 348 g/mol. The van der Waals surface area contributed by atoms with E-state index in [1.807, 2.05) is 6.92 Å². The Morgan fingerprint density at radius 2 is 1.00 bits per heavy atom. The third-order valence-electron chi connectivity index (χ3n) is 5.47. The molecule has 3 nitrogen and oxygen atoms in total. The third-order valence-corrected chi connectivity index (χ3v) is 5.47. The summed E-state index contributed by atoms with van der Waals surface area (Å²) in [6.45, 7) is 4.63. The first-order valence-electron chi connectivity index (χ1n) is 12.4. The van der Waals surface area contributed by atoms with Crippen molar-refractivity contribution < 1.29 is 14.3 Å². The van der Waals surface area contributed by atoms with Crippen molar-refractivity contribution in [3.63, 3.8) is 0 Å². The summed E-state index contributed by atoms with van der Waals surface area (Å²) in [4.78, 5) is 11.6. The molecule has 0 aliphatic rings. The zero-order valence-electron chi connectivity index (χ0n) is 19.4. The van der Waals surface area contributed by atoms with Crippen LogP contribution in [0.25, 0.3) is 0 Å². The fourth-order valence-electron chi connectivity index (χ4n) is 3.72. The van der Waals surface area contributed by atoms with Crippen LogP contribution in [0, 0.1) is 0 Å². The third kappa shape index (κ3) is 21.7. The molecule has 0 saturated heterocycles. The van der Waals surface area contributed by atoms with Crippen molar-refractivity contribution in [1.82, 2.24) is 0 Å². The first kappa shape index (κ1) is 27.4. The Labute approximate surface area is 176 Å². The summed E-state index contributed by atoms with van der Waals surface area (Å²) in [5.41, 5.74) is 0. The molecule has 0 aliphatic carbocycles. The van der Waals surface area contributed by atoms with E-state index < -0.39 is 0 Å². The molecule has 1 atom stereocenters. The van der Waals surface area contributed by atoms with E-state index in [2.05, 4.69) is 6.92 Å². The zero-order valence-corrected chi connectivity index (χ0v) is 19.4. The second-order valence-electron chi connectivity index (χ2n) is 8.52. The summed E-state index contributed by atoms with van der Waals surface area (Å²) >= 11 is 0. The van der Waals surface area contributed by atoms with Crippen molar-refractivity contribution in [3.05, 3.63) is 0 Å². The van der Waals surface area contributed by atoms with Crippen LogP contribution in [-0.2, 0) is 14.3 Å². The standard InChI is InChI=1S/C25H50O3/c1-4-5-6-7-8-9-10-11-12-13-14-15-16-17-18-19-20-21-22-25(26)28-24(2)23-27-3/h24H,4-23H2,1-3H3. The Morgan fingerprint density at radius 3 is 1.36 bits per heavy atom. The summed E-state index contributed by atoms with van der Waals surface area (Å²) < 4.78 is 10.2. The monoisotopic (exact) mass is 398 g/mol. The number of rotatable bonds is 22. The van der Waals surface area contributed by atoms with Gasteiger partial charge < -0.3 is 9.47 Å². The molecule has 0 aromatic carbocycles. The topological polar surface area (TPSA) is 35.5 Å². The Kier molecular flexibility index (Phi) is 22.3. The van der Waals surface area contributed by atoms with Crippen LogP contribution in [0.4, 0.5) is 0 Å². The second kappa shape index (κ2) is 22.7. The van der Waals surface area contributed by atoms with Gasteiger partial charge in [-0.15, -0.1) is 0 Å². The summed E-state index contributed by atoms with van der Waals surface area (Å²) in [6.07, 6.45) is 25.0. The first-order valence-corrected chi connectivity index (χ1v) is 12.4. The lowest BCUT2D eigenvalue weighted by molar-refractivity contribution is -0.150. The van der Waals surface area contributed by atoms with Gasteiger partial charge in [-0.1, -0.05) is 116 Å². The van der Waals surface area contributed by atoms with E-state index in [1.54, 1.807) is 7.11 Å². The van der Waals surface area contributed by atoms with Gasteiger partial charge in [-0.05, 0) is 13.3 Å². The van der Waals surface area contributed by atoms with Gasteiger partial charge in [0.25, 0.3) is 0 Å². The van der Waals surface area contributed by atoms with Gasteiger partial charge in [-0.2, -0.15) is 0 Å². The normalized spacial score (nSPS) is 12.2. The Hall–Kier alpha value is -0.570. The van der Waals surface area contributed by atoms with Crippen molar-refractivity contribution in [2.24, 2.45) is 0 Å². The van der Waals surface area contributed by atoms with Crippen LogP contribution in [0.1, 0.15) is 136 Å². The van der Waals surface area contributed by atoms with E-state index in [4.69, 9.17) is 9.47 Å². The van der Waals surface area contributed by atoms with Crippen molar-refractivity contribution >= 4 is 5.97 Å². The van der Waals surface area contributed by atoms with Crippen LogP contribution in [0.15, 0.2) is 0 Å². The van der Waals surface area contributed by atoms with E-state index >= 15 is 0 Å². The molecule has 0 amide bonds. The minimum absolute atomic E-state index is 0.0824. The van der Waals surface area contributed by atoms with Gasteiger partial charge in [0.05, 0.1) is 6.61 Å². The lowest BCUT2D eigenvalue weighted by atomic mass is 10.0. The van der Waals surface area contributed by atoms with Gasteiger partial charge in [0.2, 0.25) is 0 Å². The molecule has 0 spiro atoms. The summed E-state index contributed by atoms with van der Waals surface area (Å²) in [6, 6.07) is 0. The number of hydrogen-bond donors (Lipinski definition) is 0. The van der Waals surface area contributed by atoms with E-state index in [0.717, 1.165) is 12.8 Å². The Morgan fingerprint density at radius 1 is 0.643 bits per heavy atom. The highest BCUT2D eigenvalue weighted by molar-refractivity contribution is 5.69. The molecule has 1 unspecified atom stereocenters.